The quantitative estimate of drug-likeness (QED) is 0.726. The number of amides is 1. The average molecular weight is 358 g/mol. The lowest BCUT2D eigenvalue weighted by Crippen LogP contribution is -2.59. The van der Waals surface area contributed by atoms with Crippen LogP contribution in [0.4, 0.5) is 0 Å². The van der Waals surface area contributed by atoms with Crippen LogP contribution in [0.2, 0.25) is 0 Å². The highest BCUT2D eigenvalue weighted by Gasteiger charge is 2.63. The summed E-state index contributed by atoms with van der Waals surface area (Å²) in [6.07, 6.45) is 5.11. The van der Waals surface area contributed by atoms with Crippen molar-refractivity contribution in [3.63, 3.8) is 0 Å². The molecule has 6 heteroatoms. The number of carbonyl (C=O) groups is 2. The van der Waals surface area contributed by atoms with Crippen molar-refractivity contribution in [2.45, 2.75) is 70.1 Å². The maximum Gasteiger partial charge on any atom is 0.336 e. The fraction of sp³-hybridized carbons (Fsp3) is 0.750. The summed E-state index contributed by atoms with van der Waals surface area (Å²) in [4.78, 5) is 24.3. The van der Waals surface area contributed by atoms with Crippen LogP contribution in [0.15, 0.2) is 11.6 Å². The molecule has 3 fully saturated rings. The fourth-order valence-electron chi connectivity index (χ4n) is 6.17. The van der Waals surface area contributed by atoms with E-state index in [4.69, 9.17) is 9.47 Å². The van der Waals surface area contributed by atoms with Crippen LogP contribution in [-0.2, 0) is 19.1 Å². The van der Waals surface area contributed by atoms with Gasteiger partial charge >= 0.3 is 5.97 Å². The predicted molar refractivity (Wildman–Crippen MR) is 92.7 cm³/mol. The third-order valence-electron chi connectivity index (χ3n) is 7.44. The van der Waals surface area contributed by atoms with Crippen molar-refractivity contribution >= 4 is 11.9 Å². The van der Waals surface area contributed by atoms with E-state index in [1.54, 1.807) is 0 Å². The molecular weight excluding hydrogens is 332 g/mol. The molecule has 1 N–H and O–H groups in total. The lowest BCUT2D eigenvalue weighted by Gasteiger charge is -2.55. The molecule has 4 aliphatic rings. The Bertz CT molecular complexity index is 741. The van der Waals surface area contributed by atoms with Gasteiger partial charge in [-0.15, -0.1) is 0 Å². The largest absolute Gasteiger partial charge is 0.458 e. The highest BCUT2D eigenvalue weighted by molar-refractivity contribution is 5.91. The maximum absolute atomic E-state index is 12.3. The molecule has 0 radical (unpaired) electrons. The highest BCUT2D eigenvalue weighted by Crippen LogP contribution is 2.62. The molecule has 1 amide bonds. The van der Waals surface area contributed by atoms with Crippen LogP contribution in [0.5, 0.6) is 0 Å². The van der Waals surface area contributed by atoms with Gasteiger partial charge < -0.3 is 14.8 Å². The van der Waals surface area contributed by atoms with Gasteiger partial charge in [0.15, 0.2) is 0 Å². The van der Waals surface area contributed by atoms with Crippen LogP contribution in [-0.4, -0.2) is 35.7 Å². The molecule has 6 nitrogen and oxygen atoms in total. The molecule has 0 aromatic rings. The number of hydrogen-bond donors (Lipinski definition) is 1. The maximum atomic E-state index is 12.3. The molecule has 0 spiro atoms. The molecule has 0 aromatic heterocycles. The topological polar surface area (TPSA) is 88.4 Å². The van der Waals surface area contributed by atoms with Crippen LogP contribution in [0.25, 0.3) is 0 Å². The predicted octanol–water partition coefficient (Wildman–Crippen LogP) is 2.24. The molecule has 2 saturated heterocycles. The Balaban J connectivity index is 1.71. The van der Waals surface area contributed by atoms with E-state index in [1.165, 1.54) is 0 Å². The van der Waals surface area contributed by atoms with Gasteiger partial charge in [-0.2, -0.15) is 5.26 Å². The molecule has 0 bridgehead atoms. The average Bonchev–Trinajstić information content (AvgIpc) is 3.14. The Labute approximate surface area is 153 Å². The number of hydrogen-bond acceptors (Lipinski definition) is 5. The van der Waals surface area contributed by atoms with Crippen LogP contribution in [0.3, 0.4) is 0 Å². The van der Waals surface area contributed by atoms with Crippen molar-refractivity contribution in [2.75, 3.05) is 6.61 Å². The number of nitrogens with zero attached hydrogens (tertiary/aromatic N) is 1. The molecule has 1 aliphatic carbocycles. The number of rotatable bonds is 1. The second kappa shape index (κ2) is 5.56. The van der Waals surface area contributed by atoms with Crippen molar-refractivity contribution in [3.8, 4) is 6.07 Å². The Morgan fingerprint density at radius 1 is 1.23 bits per heavy atom. The lowest BCUT2D eigenvalue weighted by atomic mass is 9.51. The van der Waals surface area contributed by atoms with E-state index < -0.39 is 5.54 Å². The molecule has 1 saturated carbocycles. The minimum absolute atomic E-state index is 0.0519. The Kier molecular flexibility index (Phi) is 3.75. The first-order valence-corrected chi connectivity index (χ1v) is 9.49. The molecule has 6 atom stereocenters. The molecule has 4 rings (SSSR count). The summed E-state index contributed by atoms with van der Waals surface area (Å²) < 4.78 is 11.5. The monoisotopic (exact) mass is 358 g/mol. The van der Waals surface area contributed by atoms with Gasteiger partial charge in [-0.3, -0.25) is 4.79 Å². The van der Waals surface area contributed by atoms with Crippen LogP contribution in [0, 0.1) is 28.6 Å². The SMILES string of the molecule is CC1(C#N)NC(=O)CCC2(C)C1CCC1(C)OC(C3=CCOC3=O)CC12. The van der Waals surface area contributed by atoms with E-state index in [0.29, 0.717) is 18.6 Å². The lowest BCUT2D eigenvalue weighted by molar-refractivity contribution is -0.139. The number of esters is 1. The number of nitrogens with one attached hydrogen (secondary N) is 1. The van der Waals surface area contributed by atoms with Gasteiger partial charge in [0.1, 0.15) is 12.1 Å². The summed E-state index contributed by atoms with van der Waals surface area (Å²) >= 11 is 0. The van der Waals surface area contributed by atoms with E-state index in [-0.39, 0.29) is 40.8 Å². The van der Waals surface area contributed by atoms with Crippen LogP contribution >= 0.6 is 0 Å². The molecule has 26 heavy (non-hydrogen) atoms. The summed E-state index contributed by atoms with van der Waals surface area (Å²) in [7, 11) is 0. The van der Waals surface area contributed by atoms with Gasteiger partial charge in [-0.25, -0.2) is 4.79 Å². The van der Waals surface area contributed by atoms with Crippen LogP contribution in [0.1, 0.15) is 52.9 Å². The molecule has 6 unspecified atom stereocenters. The highest BCUT2D eigenvalue weighted by atomic mass is 16.5. The van der Waals surface area contributed by atoms with Crippen molar-refractivity contribution in [2.24, 2.45) is 17.3 Å². The standard InChI is InChI=1S/C20H26N2O4/c1-18-7-5-16(23)22-19(2,11-21)14(18)4-8-20(3)15(18)10-13(26-20)12-6-9-25-17(12)24/h6,13-15H,4-5,7-10H2,1-3H3,(H,22,23). The zero-order valence-corrected chi connectivity index (χ0v) is 15.6. The zero-order valence-electron chi connectivity index (χ0n) is 15.6. The first-order valence-electron chi connectivity index (χ1n) is 9.49. The normalized spacial score (nSPS) is 47.8. The zero-order chi connectivity index (χ0) is 18.7. The number of fused-ring (bicyclic) bond motifs is 3. The molecule has 0 aromatic carbocycles. The summed E-state index contributed by atoms with van der Waals surface area (Å²) in [5, 5.41) is 12.8. The van der Waals surface area contributed by atoms with Crippen molar-refractivity contribution < 1.29 is 19.1 Å². The van der Waals surface area contributed by atoms with Crippen LogP contribution < -0.4 is 5.32 Å². The molecule has 140 valence electrons. The molecule has 3 heterocycles. The number of carbonyl (C=O) groups excluding carboxylic acids is 2. The van der Waals surface area contributed by atoms with Gasteiger partial charge in [0.2, 0.25) is 5.91 Å². The fourth-order valence-corrected chi connectivity index (χ4v) is 6.17. The van der Waals surface area contributed by atoms with Gasteiger partial charge in [0.25, 0.3) is 0 Å². The summed E-state index contributed by atoms with van der Waals surface area (Å²) in [6, 6.07) is 2.38. The smallest absolute Gasteiger partial charge is 0.336 e. The summed E-state index contributed by atoms with van der Waals surface area (Å²) in [5.74, 6) is -0.0766. The first kappa shape index (κ1) is 17.5. The number of nitriles is 1. The van der Waals surface area contributed by atoms with E-state index in [2.05, 4.69) is 25.2 Å². The van der Waals surface area contributed by atoms with Crippen molar-refractivity contribution in [1.29, 1.82) is 5.26 Å². The van der Waals surface area contributed by atoms with E-state index in [9.17, 15) is 14.9 Å². The van der Waals surface area contributed by atoms with E-state index in [1.807, 2.05) is 13.0 Å². The minimum atomic E-state index is -0.868. The van der Waals surface area contributed by atoms with Gasteiger partial charge in [0.05, 0.1) is 23.3 Å². The van der Waals surface area contributed by atoms with E-state index >= 15 is 0 Å². The van der Waals surface area contributed by atoms with Crippen molar-refractivity contribution in [3.05, 3.63) is 11.6 Å². The number of cyclic esters (lactones) is 1. The Morgan fingerprint density at radius 3 is 2.65 bits per heavy atom. The second-order valence-electron chi connectivity index (χ2n) is 8.92. The summed E-state index contributed by atoms with van der Waals surface area (Å²) in [5.41, 5.74) is -0.780. The summed E-state index contributed by atoms with van der Waals surface area (Å²) in [6.45, 7) is 6.51. The second-order valence-corrected chi connectivity index (χ2v) is 8.92. The molecule has 3 aliphatic heterocycles. The van der Waals surface area contributed by atoms with E-state index in [0.717, 1.165) is 25.7 Å². The Morgan fingerprint density at radius 2 is 2.00 bits per heavy atom. The number of ether oxygens (including phenoxy) is 2. The Hall–Kier alpha value is -1.87. The van der Waals surface area contributed by atoms with Gasteiger partial charge in [-0.1, -0.05) is 6.92 Å². The van der Waals surface area contributed by atoms with Gasteiger partial charge in [0, 0.05) is 12.3 Å². The minimum Gasteiger partial charge on any atom is -0.458 e. The van der Waals surface area contributed by atoms with Crippen molar-refractivity contribution in [1.82, 2.24) is 5.32 Å². The third kappa shape index (κ3) is 2.33. The third-order valence-corrected chi connectivity index (χ3v) is 7.44. The van der Waals surface area contributed by atoms with Gasteiger partial charge in [-0.05, 0) is 56.9 Å². The molecular formula is C20H26N2O4. The first-order chi connectivity index (χ1) is 12.2.